The van der Waals surface area contributed by atoms with Gasteiger partial charge in [0.25, 0.3) is 10.0 Å². The summed E-state index contributed by atoms with van der Waals surface area (Å²) < 4.78 is 33.2. The van der Waals surface area contributed by atoms with E-state index in [1.165, 1.54) is 12.7 Å². The maximum atomic E-state index is 12.7. The molecule has 3 aromatic carbocycles. The Bertz CT molecular complexity index is 1000. The molecule has 0 radical (unpaired) electrons. The van der Waals surface area contributed by atoms with Crippen LogP contribution in [0.2, 0.25) is 0 Å². The van der Waals surface area contributed by atoms with Gasteiger partial charge in [-0.05, 0) is 54.4 Å². The number of rotatable bonds is 7. The Morgan fingerprint density at radius 2 is 1.56 bits per heavy atom. The van der Waals surface area contributed by atoms with Gasteiger partial charge in [0.1, 0.15) is 10.6 Å². The first kappa shape index (κ1) is 18.8. The molecule has 140 valence electrons. The van der Waals surface area contributed by atoms with Gasteiger partial charge >= 0.3 is 0 Å². The van der Waals surface area contributed by atoms with Gasteiger partial charge in [-0.1, -0.05) is 36.4 Å². The van der Waals surface area contributed by atoms with E-state index in [-0.39, 0.29) is 4.90 Å². The average molecular weight is 382 g/mol. The predicted molar refractivity (Wildman–Crippen MR) is 109 cm³/mol. The molecule has 0 fully saturated rings. The van der Waals surface area contributed by atoms with Crippen LogP contribution in [0.5, 0.6) is 5.75 Å². The van der Waals surface area contributed by atoms with E-state index in [0.717, 1.165) is 11.3 Å². The van der Waals surface area contributed by atoms with Crippen LogP contribution in [0, 0.1) is 6.92 Å². The van der Waals surface area contributed by atoms with Gasteiger partial charge in [0.15, 0.2) is 0 Å². The second-order valence-electron chi connectivity index (χ2n) is 6.18. The lowest BCUT2D eigenvalue weighted by atomic mass is 10.2. The first-order chi connectivity index (χ1) is 13.0. The molecular weight excluding hydrogens is 360 g/mol. The summed E-state index contributed by atoms with van der Waals surface area (Å²) in [6.45, 7) is 2.54. The number of hydrogen-bond donors (Lipinski definition) is 2. The summed E-state index contributed by atoms with van der Waals surface area (Å²) in [7, 11) is -2.29. The largest absolute Gasteiger partial charge is 0.495 e. The molecule has 27 heavy (non-hydrogen) atoms. The van der Waals surface area contributed by atoms with Gasteiger partial charge in [-0.15, -0.1) is 0 Å². The molecule has 2 N–H and O–H groups in total. The predicted octanol–water partition coefficient (Wildman–Crippen LogP) is 4.42. The topological polar surface area (TPSA) is 67.4 Å². The van der Waals surface area contributed by atoms with Gasteiger partial charge < -0.3 is 10.1 Å². The Labute approximate surface area is 160 Å². The highest BCUT2D eigenvalue weighted by Gasteiger charge is 2.19. The Balaban J connectivity index is 1.71. The van der Waals surface area contributed by atoms with Gasteiger partial charge in [-0.25, -0.2) is 8.42 Å². The van der Waals surface area contributed by atoms with Gasteiger partial charge in [-0.3, -0.25) is 4.72 Å². The number of methoxy groups -OCH3 is 1. The Kier molecular flexibility index (Phi) is 5.66. The quantitative estimate of drug-likeness (QED) is 0.635. The van der Waals surface area contributed by atoms with Crippen molar-refractivity contribution in [2.24, 2.45) is 0 Å². The zero-order valence-electron chi connectivity index (χ0n) is 15.3. The van der Waals surface area contributed by atoms with E-state index in [9.17, 15) is 8.42 Å². The molecule has 3 rings (SSSR count). The first-order valence-corrected chi connectivity index (χ1v) is 10.0. The molecule has 0 aliphatic carbocycles. The highest BCUT2D eigenvalue weighted by molar-refractivity contribution is 7.92. The summed E-state index contributed by atoms with van der Waals surface area (Å²) in [6.07, 6.45) is 0. The number of hydrogen-bond acceptors (Lipinski definition) is 4. The highest BCUT2D eigenvalue weighted by atomic mass is 32.2. The Morgan fingerprint density at radius 3 is 2.22 bits per heavy atom. The Morgan fingerprint density at radius 1 is 0.889 bits per heavy atom. The molecule has 6 heteroatoms. The van der Waals surface area contributed by atoms with Crippen LogP contribution in [0.15, 0.2) is 77.7 Å². The molecule has 5 nitrogen and oxygen atoms in total. The van der Waals surface area contributed by atoms with Crippen molar-refractivity contribution in [1.82, 2.24) is 0 Å². The molecule has 0 bridgehead atoms. The lowest BCUT2D eigenvalue weighted by Crippen LogP contribution is -2.14. The summed E-state index contributed by atoms with van der Waals surface area (Å²) in [5, 5.41) is 3.31. The highest BCUT2D eigenvalue weighted by Crippen LogP contribution is 2.27. The van der Waals surface area contributed by atoms with Crippen molar-refractivity contribution in [1.29, 1.82) is 0 Å². The van der Waals surface area contributed by atoms with Crippen LogP contribution in [0.1, 0.15) is 11.1 Å². The molecule has 0 atom stereocenters. The summed E-state index contributed by atoms with van der Waals surface area (Å²) in [5.74, 6) is 0.314. The van der Waals surface area contributed by atoms with Crippen LogP contribution in [-0.4, -0.2) is 15.5 Å². The fourth-order valence-electron chi connectivity index (χ4n) is 2.66. The third-order valence-electron chi connectivity index (χ3n) is 4.09. The molecule has 3 aromatic rings. The van der Waals surface area contributed by atoms with E-state index in [1.807, 2.05) is 55.5 Å². The van der Waals surface area contributed by atoms with Crippen LogP contribution < -0.4 is 14.8 Å². The minimum Gasteiger partial charge on any atom is -0.495 e. The molecule has 0 spiro atoms. The first-order valence-electron chi connectivity index (χ1n) is 8.53. The van der Waals surface area contributed by atoms with Crippen molar-refractivity contribution in [3.8, 4) is 5.75 Å². The van der Waals surface area contributed by atoms with Crippen LogP contribution in [0.25, 0.3) is 0 Å². The summed E-state index contributed by atoms with van der Waals surface area (Å²) >= 11 is 0. The fourth-order valence-corrected chi connectivity index (χ4v) is 3.97. The minimum absolute atomic E-state index is 0.122. The standard InChI is InChI=1S/C21H22N2O3S/c1-16-8-13-20(26-2)21(14-16)27(24,25)23-19-11-9-18(10-12-19)22-15-17-6-4-3-5-7-17/h3-14,22-23H,15H2,1-2H3. The lowest BCUT2D eigenvalue weighted by Gasteiger charge is -2.13. The van der Waals surface area contributed by atoms with Gasteiger partial charge in [0.05, 0.1) is 7.11 Å². The molecule has 0 saturated heterocycles. The second kappa shape index (κ2) is 8.14. The van der Waals surface area contributed by atoms with Crippen LogP contribution in [0.4, 0.5) is 11.4 Å². The average Bonchev–Trinajstić information content (AvgIpc) is 2.68. The number of sulfonamides is 1. The van der Waals surface area contributed by atoms with E-state index in [1.54, 1.807) is 24.3 Å². The molecule has 0 aromatic heterocycles. The van der Waals surface area contributed by atoms with E-state index in [2.05, 4.69) is 10.0 Å². The molecule has 0 aliphatic rings. The second-order valence-corrected chi connectivity index (χ2v) is 7.83. The maximum Gasteiger partial charge on any atom is 0.265 e. The van der Waals surface area contributed by atoms with Crippen molar-refractivity contribution in [3.63, 3.8) is 0 Å². The number of anilines is 2. The maximum absolute atomic E-state index is 12.7. The number of ether oxygens (including phenoxy) is 1. The zero-order chi connectivity index (χ0) is 19.3. The summed E-state index contributed by atoms with van der Waals surface area (Å²) in [5.41, 5.74) is 3.42. The number of benzene rings is 3. The lowest BCUT2D eigenvalue weighted by molar-refractivity contribution is 0.402. The summed E-state index contributed by atoms with van der Waals surface area (Å²) in [4.78, 5) is 0.122. The smallest absolute Gasteiger partial charge is 0.265 e. The van der Waals surface area contributed by atoms with Crippen molar-refractivity contribution in [2.75, 3.05) is 17.1 Å². The van der Waals surface area contributed by atoms with Gasteiger partial charge in [0.2, 0.25) is 0 Å². The van der Waals surface area contributed by atoms with Gasteiger partial charge in [-0.2, -0.15) is 0 Å². The number of aryl methyl sites for hydroxylation is 1. The molecule has 0 unspecified atom stereocenters. The molecule has 0 heterocycles. The van der Waals surface area contributed by atoms with Crippen molar-refractivity contribution >= 4 is 21.4 Å². The third kappa shape index (κ3) is 4.80. The van der Waals surface area contributed by atoms with E-state index >= 15 is 0 Å². The van der Waals surface area contributed by atoms with Crippen molar-refractivity contribution < 1.29 is 13.2 Å². The monoisotopic (exact) mass is 382 g/mol. The molecule has 0 saturated carbocycles. The Hall–Kier alpha value is -2.99. The normalized spacial score (nSPS) is 11.0. The number of nitrogens with one attached hydrogen (secondary N) is 2. The minimum atomic E-state index is -3.74. The van der Waals surface area contributed by atoms with E-state index in [0.29, 0.717) is 18.0 Å². The van der Waals surface area contributed by atoms with Crippen LogP contribution in [-0.2, 0) is 16.6 Å². The van der Waals surface area contributed by atoms with Crippen LogP contribution in [0.3, 0.4) is 0 Å². The van der Waals surface area contributed by atoms with E-state index in [4.69, 9.17) is 4.74 Å². The fraction of sp³-hybridized carbons (Fsp3) is 0.143. The van der Waals surface area contributed by atoms with Crippen molar-refractivity contribution in [2.45, 2.75) is 18.4 Å². The SMILES string of the molecule is COc1ccc(C)cc1S(=O)(=O)Nc1ccc(NCc2ccccc2)cc1. The van der Waals surface area contributed by atoms with Gasteiger partial charge in [0, 0.05) is 17.9 Å². The molecule has 0 amide bonds. The van der Waals surface area contributed by atoms with Crippen LogP contribution >= 0.6 is 0 Å². The summed E-state index contributed by atoms with van der Waals surface area (Å²) in [6, 6.07) is 22.3. The zero-order valence-corrected chi connectivity index (χ0v) is 16.1. The molecule has 0 aliphatic heterocycles. The van der Waals surface area contributed by atoms with E-state index < -0.39 is 10.0 Å². The van der Waals surface area contributed by atoms with Crippen molar-refractivity contribution in [3.05, 3.63) is 83.9 Å². The third-order valence-corrected chi connectivity index (χ3v) is 5.49. The molecular formula is C21H22N2O3S.